The SMILES string of the molecule is COCc1nn(CC(=O)N[C@@H]2CCCN(C3CC3)C2)c(=O)c2cc3cc(Cl)sc3n12.O=CO. The zero-order chi connectivity index (χ0) is 23.5. The number of carbonyl (C=O) groups excluding carboxylic acids is 1. The normalized spacial score (nSPS) is 18.8. The van der Waals surface area contributed by atoms with E-state index in [4.69, 9.17) is 26.2 Å². The summed E-state index contributed by atoms with van der Waals surface area (Å²) in [5.41, 5.74) is 0.174. The quantitative estimate of drug-likeness (QED) is 0.502. The van der Waals surface area contributed by atoms with Gasteiger partial charge in [-0.05, 0) is 44.4 Å². The van der Waals surface area contributed by atoms with Crippen molar-refractivity contribution in [2.45, 2.75) is 50.9 Å². The van der Waals surface area contributed by atoms with E-state index in [1.807, 2.05) is 6.07 Å². The Hall–Kier alpha value is -2.47. The van der Waals surface area contributed by atoms with Gasteiger partial charge in [-0.1, -0.05) is 11.6 Å². The molecule has 2 fully saturated rings. The van der Waals surface area contributed by atoms with Crippen LogP contribution in [0.1, 0.15) is 31.5 Å². The van der Waals surface area contributed by atoms with Crippen molar-refractivity contribution in [2.75, 3.05) is 20.2 Å². The van der Waals surface area contributed by atoms with E-state index < -0.39 is 0 Å². The summed E-state index contributed by atoms with van der Waals surface area (Å²) in [5.74, 6) is 0.377. The number of carboxylic acid groups (broad SMARTS) is 1. The molecule has 1 amide bonds. The molecule has 0 aromatic carbocycles. The summed E-state index contributed by atoms with van der Waals surface area (Å²) in [4.78, 5) is 37.4. The zero-order valence-corrected chi connectivity index (χ0v) is 19.8. The maximum absolute atomic E-state index is 13.0. The van der Waals surface area contributed by atoms with Gasteiger partial charge in [-0.15, -0.1) is 11.3 Å². The molecule has 2 aliphatic rings. The van der Waals surface area contributed by atoms with Crippen LogP contribution in [0.25, 0.3) is 15.7 Å². The first-order chi connectivity index (χ1) is 15.9. The van der Waals surface area contributed by atoms with Gasteiger partial charge >= 0.3 is 0 Å². The molecule has 1 saturated carbocycles. The van der Waals surface area contributed by atoms with Crippen molar-refractivity contribution < 1.29 is 19.4 Å². The summed E-state index contributed by atoms with van der Waals surface area (Å²) in [5, 5.41) is 15.3. The van der Waals surface area contributed by atoms with E-state index in [0.717, 1.165) is 36.1 Å². The molecule has 0 radical (unpaired) electrons. The monoisotopic (exact) mass is 495 g/mol. The summed E-state index contributed by atoms with van der Waals surface area (Å²) in [6.45, 7) is 1.87. The van der Waals surface area contributed by atoms with E-state index in [9.17, 15) is 9.59 Å². The van der Waals surface area contributed by atoms with E-state index in [2.05, 4.69) is 15.3 Å². The third-order valence-corrected chi connectivity index (χ3v) is 7.11. The number of thiophene rings is 1. The number of halogens is 1. The Morgan fingerprint density at radius 3 is 2.85 bits per heavy atom. The Morgan fingerprint density at radius 2 is 2.15 bits per heavy atom. The molecule has 10 nitrogen and oxygen atoms in total. The summed E-state index contributed by atoms with van der Waals surface area (Å²) in [6, 6.07) is 4.45. The average molecular weight is 496 g/mol. The van der Waals surface area contributed by atoms with Gasteiger partial charge in [0.15, 0.2) is 5.82 Å². The van der Waals surface area contributed by atoms with Gasteiger partial charge in [-0.3, -0.25) is 23.7 Å². The maximum Gasteiger partial charge on any atom is 0.291 e. The minimum absolute atomic E-state index is 0.106. The number of hydrogen-bond donors (Lipinski definition) is 2. The van der Waals surface area contributed by atoms with Crippen LogP contribution in [-0.4, -0.2) is 68.9 Å². The Bertz CT molecular complexity index is 1220. The smallest absolute Gasteiger partial charge is 0.291 e. The van der Waals surface area contributed by atoms with Crippen LogP contribution in [0.2, 0.25) is 4.34 Å². The Balaban J connectivity index is 0.000000821. The lowest BCUT2D eigenvalue weighted by Crippen LogP contribution is -2.49. The van der Waals surface area contributed by atoms with E-state index in [-0.39, 0.29) is 37.1 Å². The highest BCUT2D eigenvalue weighted by Gasteiger charge is 2.33. The van der Waals surface area contributed by atoms with Crippen molar-refractivity contribution in [1.82, 2.24) is 24.4 Å². The Morgan fingerprint density at radius 1 is 1.39 bits per heavy atom. The van der Waals surface area contributed by atoms with Gasteiger partial charge in [0.1, 0.15) is 23.5 Å². The molecule has 0 bridgehead atoms. The number of nitrogens with one attached hydrogen (secondary N) is 1. The Kier molecular flexibility index (Phi) is 7.32. The first-order valence-corrected chi connectivity index (χ1v) is 11.9. The zero-order valence-electron chi connectivity index (χ0n) is 18.2. The predicted molar refractivity (Wildman–Crippen MR) is 125 cm³/mol. The number of methoxy groups -OCH3 is 1. The van der Waals surface area contributed by atoms with Gasteiger partial charge < -0.3 is 15.2 Å². The third-order valence-electron chi connectivity index (χ3n) is 5.84. The molecule has 1 aliphatic carbocycles. The van der Waals surface area contributed by atoms with Crippen molar-refractivity contribution in [3.8, 4) is 0 Å². The number of ether oxygens (including phenoxy) is 1. The van der Waals surface area contributed by atoms with Crippen LogP contribution >= 0.6 is 22.9 Å². The number of fused-ring (bicyclic) bond motifs is 3. The van der Waals surface area contributed by atoms with E-state index in [0.29, 0.717) is 21.7 Å². The molecule has 33 heavy (non-hydrogen) atoms. The van der Waals surface area contributed by atoms with Crippen LogP contribution in [0.4, 0.5) is 0 Å². The minimum Gasteiger partial charge on any atom is -0.483 e. The molecule has 0 unspecified atom stereocenters. The van der Waals surface area contributed by atoms with E-state index in [1.54, 1.807) is 17.6 Å². The van der Waals surface area contributed by atoms with Crippen LogP contribution in [0.3, 0.4) is 0 Å². The van der Waals surface area contributed by atoms with Gasteiger partial charge in [-0.25, -0.2) is 4.68 Å². The fourth-order valence-corrected chi connectivity index (χ4v) is 5.61. The average Bonchev–Trinajstić information content (AvgIpc) is 3.47. The van der Waals surface area contributed by atoms with Crippen molar-refractivity contribution in [3.05, 3.63) is 32.6 Å². The summed E-state index contributed by atoms with van der Waals surface area (Å²) in [7, 11) is 1.58. The summed E-state index contributed by atoms with van der Waals surface area (Å²) in [6.07, 6.45) is 4.60. The molecule has 2 N–H and O–H groups in total. The highest BCUT2D eigenvalue weighted by molar-refractivity contribution is 7.22. The number of likely N-dealkylation sites (tertiary alicyclic amines) is 1. The standard InChI is InChI=1S/C20H24ClN5O3S.CH2O2/c1-29-11-17-23-25(19(28)15-7-12-8-16(21)30-20(12)26(15)17)10-18(27)22-13-3-2-6-24(9-13)14-4-5-14;2-1-3/h7-8,13-14H,2-6,9-11H2,1H3,(H,22,27);1H,(H,2,3)/t13-;/m1./s1. The fourth-order valence-electron chi connectivity index (χ4n) is 4.37. The number of aromatic nitrogens is 3. The van der Waals surface area contributed by atoms with Crippen LogP contribution in [0.5, 0.6) is 0 Å². The number of rotatable bonds is 6. The largest absolute Gasteiger partial charge is 0.483 e. The first-order valence-electron chi connectivity index (χ1n) is 10.8. The van der Waals surface area contributed by atoms with Crippen LogP contribution in [0.15, 0.2) is 16.9 Å². The number of piperidine rings is 1. The second-order valence-electron chi connectivity index (χ2n) is 8.23. The molecule has 1 saturated heterocycles. The van der Waals surface area contributed by atoms with Crippen molar-refractivity contribution in [2.24, 2.45) is 0 Å². The molecule has 1 atom stereocenters. The lowest BCUT2D eigenvalue weighted by Gasteiger charge is -2.33. The highest BCUT2D eigenvalue weighted by atomic mass is 35.5. The topological polar surface area (TPSA) is 118 Å². The highest BCUT2D eigenvalue weighted by Crippen LogP contribution is 2.32. The number of carbonyl (C=O) groups is 2. The van der Waals surface area contributed by atoms with Crippen molar-refractivity contribution in [3.63, 3.8) is 0 Å². The first kappa shape index (κ1) is 23.7. The second-order valence-corrected chi connectivity index (χ2v) is 9.89. The van der Waals surface area contributed by atoms with Crippen molar-refractivity contribution >= 4 is 51.1 Å². The molecule has 178 valence electrons. The molecular formula is C21H26ClN5O5S. The van der Waals surface area contributed by atoms with E-state index >= 15 is 0 Å². The number of nitrogens with zero attached hydrogens (tertiary/aromatic N) is 4. The predicted octanol–water partition coefficient (Wildman–Crippen LogP) is 1.95. The van der Waals surface area contributed by atoms with Gasteiger partial charge in [0.2, 0.25) is 5.91 Å². The number of hydrogen-bond acceptors (Lipinski definition) is 7. The van der Waals surface area contributed by atoms with Crippen LogP contribution < -0.4 is 10.9 Å². The van der Waals surface area contributed by atoms with Gasteiger partial charge in [0.25, 0.3) is 12.0 Å². The van der Waals surface area contributed by atoms with Crippen LogP contribution in [-0.2, 0) is 27.5 Å². The van der Waals surface area contributed by atoms with Crippen LogP contribution in [0, 0.1) is 0 Å². The summed E-state index contributed by atoms with van der Waals surface area (Å²) >= 11 is 7.52. The van der Waals surface area contributed by atoms with Gasteiger partial charge in [0, 0.05) is 31.1 Å². The molecule has 1 aliphatic heterocycles. The molecule has 4 heterocycles. The molecule has 3 aromatic rings. The molecule has 5 rings (SSSR count). The number of amides is 1. The Labute approximate surface area is 198 Å². The molecule has 3 aromatic heterocycles. The van der Waals surface area contributed by atoms with Crippen molar-refractivity contribution in [1.29, 1.82) is 0 Å². The lowest BCUT2D eigenvalue weighted by atomic mass is 10.1. The summed E-state index contributed by atoms with van der Waals surface area (Å²) < 4.78 is 8.96. The molecular weight excluding hydrogens is 470 g/mol. The van der Waals surface area contributed by atoms with Gasteiger partial charge in [-0.2, -0.15) is 5.10 Å². The third kappa shape index (κ3) is 5.21. The fraction of sp³-hybridized carbons (Fsp3) is 0.524. The lowest BCUT2D eigenvalue weighted by molar-refractivity contribution is -0.123. The van der Waals surface area contributed by atoms with E-state index in [1.165, 1.54) is 28.9 Å². The molecule has 12 heteroatoms. The van der Waals surface area contributed by atoms with Gasteiger partial charge in [0.05, 0.1) is 4.34 Å². The second kappa shape index (κ2) is 10.2. The minimum atomic E-state index is -0.298. The molecule has 0 spiro atoms. The maximum atomic E-state index is 13.0.